The minimum absolute atomic E-state index is 0.0415. The number of hydrogen-bond donors (Lipinski definition) is 1. The van der Waals surface area contributed by atoms with E-state index in [0.717, 1.165) is 36.3 Å². The summed E-state index contributed by atoms with van der Waals surface area (Å²) in [5, 5.41) is 3.68. The molecule has 4 nitrogen and oxygen atoms in total. The van der Waals surface area contributed by atoms with Crippen LogP contribution in [0.15, 0.2) is 48.8 Å². The Morgan fingerprint density at radius 3 is 2.64 bits per heavy atom. The monoisotopic (exact) mass is 355 g/mol. The summed E-state index contributed by atoms with van der Waals surface area (Å²) < 4.78 is 1.88. The molecule has 0 unspecified atom stereocenters. The predicted molar refractivity (Wildman–Crippen MR) is 102 cm³/mol. The van der Waals surface area contributed by atoms with E-state index in [-0.39, 0.29) is 5.91 Å². The zero-order valence-electron chi connectivity index (χ0n) is 14.3. The molecule has 130 valence electrons. The van der Waals surface area contributed by atoms with Crippen molar-refractivity contribution in [1.29, 1.82) is 0 Å². The van der Waals surface area contributed by atoms with E-state index in [1.807, 2.05) is 53.2 Å². The van der Waals surface area contributed by atoms with Gasteiger partial charge >= 0.3 is 0 Å². The smallest absolute Gasteiger partial charge is 0.252 e. The number of imidazole rings is 1. The molecular weight excluding hydrogens is 334 g/mol. The first kappa shape index (κ1) is 17.5. The third kappa shape index (κ3) is 4.40. The summed E-state index contributed by atoms with van der Waals surface area (Å²) in [4.78, 5) is 16.9. The molecule has 2 aromatic heterocycles. The van der Waals surface area contributed by atoms with Gasteiger partial charge in [0.2, 0.25) is 0 Å². The predicted octanol–water partition coefficient (Wildman–Crippen LogP) is 4.96. The van der Waals surface area contributed by atoms with Gasteiger partial charge in [-0.3, -0.25) is 4.79 Å². The van der Waals surface area contributed by atoms with Crippen molar-refractivity contribution in [1.82, 2.24) is 14.7 Å². The molecule has 1 amide bonds. The quantitative estimate of drug-likeness (QED) is 0.608. The molecule has 0 radical (unpaired) electrons. The Morgan fingerprint density at radius 2 is 1.88 bits per heavy atom. The van der Waals surface area contributed by atoms with Crippen LogP contribution in [0.1, 0.15) is 43.0 Å². The van der Waals surface area contributed by atoms with Crippen LogP contribution < -0.4 is 5.32 Å². The lowest BCUT2D eigenvalue weighted by atomic mass is 10.2. The number of unbranched alkanes of at least 4 members (excludes halogenated alkanes) is 3. The Hall–Kier alpha value is -2.33. The Morgan fingerprint density at radius 1 is 1.08 bits per heavy atom. The number of halogens is 1. The van der Waals surface area contributed by atoms with Gasteiger partial charge in [-0.1, -0.05) is 49.9 Å². The van der Waals surface area contributed by atoms with E-state index >= 15 is 0 Å². The molecule has 0 fully saturated rings. The van der Waals surface area contributed by atoms with E-state index in [2.05, 4.69) is 17.2 Å². The van der Waals surface area contributed by atoms with Crippen molar-refractivity contribution < 1.29 is 4.79 Å². The van der Waals surface area contributed by atoms with Crippen LogP contribution in [0.25, 0.3) is 16.9 Å². The summed E-state index contributed by atoms with van der Waals surface area (Å²) in [5.41, 5.74) is 3.30. The number of rotatable bonds is 7. The van der Waals surface area contributed by atoms with E-state index in [0.29, 0.717) is 10.6 Å². The second-order valence-corrected chi connectivity index (χ2v) is 6.57. The topological polar surface area (TPSA) is 46.4 Å². The molecule has 0 saturated carbocycles. The number of carbonyl (C=O) groups excluding carboxylic acids is 1. The number of fused-ring (bicyclic) bond motifs is 1. The SMILES string of the molecule is CCCCCCNC(=O)c1ccc2nc(-c3ccc(Cl)cc3)cn2c1. The fourth-order valence-corrected chi connectivity index (χ4v) is 2.87. The number of carbonyl (C=O) groups is 1. The Balaban J connectivity index is 1.71. The molecular formula is C20H22ClN3O. The fraction of sp³-hybridized carbons (Fsp3) is 0.300. The van der Waals surface area contributed by atoms with Gasteiger partial charge in [-0.15, -0.1) is 0 Å². The van der Waals surface area contributed by atoms with Crippen LogP contribution in [0, 0.1) is 0 Å². The molecule has 0 atom stereocenters. The number of benzene rings is 1. The lowest BCUT2D eigenvalue weighted by molar-refractivity contribution is 0.0952. The standard InChI is InChI=1S/C20H22ClN3O/c1-2-3-4-5-12-22-20(25)16-8-11-19-23-18(14-24(19)13-16)15-6-9-17(21)10-7-15/h6-11,13-14H,2-5,12H2,1H3,(H,22,25). The maximum absolute atomic E-state index is 12.3. The average molecular weight is 356 g/mol. The number of aromatic nitrogens is 2. The second-order valence-electron chi connectivity index (χ2n) is 6.13. The van der Waals surface area contributed by atoms with Gasteiger partial charge in [0.15, 0.2) is 0 Å². The van der Waals surface area contributed by atoms with Crippen molar-refractivity contribution in [3.8, 4) is 11.3 Å². The van der Waals surface area contributed by atoms with Gasteiger partial charge in [-0.25, -0.2) is 4.98 Å². The van der Waals surface area contributed by atoms with Gasteiger partial charge in [-0.2, -0.15) is 0 Å². The highest BCUT2D eigenvalue weighted by atomic mass is 35.5. The zero-order valence-corrected chi connectivity index (χ0v) is 15.1. The van der Waals surface area contributed by atoms with Gasteiger partial charge < -0.3 is 9.72 Å². The summed E-state index contributed by atoms with van der Waals surface area (Å²) in [5.74, 6) is -0.0415. The van der Waals surface area contributed by atoms with Crippen LogP contribution in [-0.2, 0) is 0 Å². The molecule has 25 heavy (non-hydrogen) atoms. The van der Waals surface area contributed by atoms with Gasteiger partial charge in [0, 0.05) is 29.5 Å². The van der Waals surface area contributed by atoms with E-state index in [1.54, 1.807) is 0 Å². The Labute approximate surface area is 152 Å². The maximum Gasteiger partial charge on any atom is 0.252 e. The van der Waals surface area contributed by atoms with Crippen molar-refractivity contribution in [3.63, 3.8) is 0 Å². The summed E-state index contributed by atoms with van der Waals surface area (Å²) in [6, 6.07) is 11.2. The highest BCUT2D eigenvalue weighted by molar-refractivity contribution is 6.30. The molecule has 5 heteroatoms. The number of nitrogens with one attached hydrogen (secondary N) is 1. The van der Waals surface area contributed by atoms with Crippen molar-refractivity contribution in [2.24, 2.45) is 0 Å². The van der Waals surface area contributed by atoms with E-state index < -0.39 is 0 Å². The summed E-state index contributed by atoms with van der Waals surface area (Å²) in [7, 11) is 0. The molecule has 3 rings (SSSR count). The fourth-order valence-electron chi connectivity index (χ4n) is 2.74. The van der Waals surface area contributed by atoms with Gasteiger partial charge in [0.05, 0.1) is 11.3 Å². The van der Waals surface area contributed by atoms with Gasteiger partial charge in [0.1, 0.15) is 5.65 Å². The van der Waals surface area contributed by atoms with Gasteiger partial charge in [0.25, 0.3) is 5.91 Å². The van der Waals surface area contributed by atoms with Crippen molar-refractivity contribution >= 4 is 23.2 Å². The number of nitrogens with zero attached hydrogens (tertiary/aromatic N) is 2. The summed E-state index contributed by atoms with van der Waals surface area (Å²) in [6.07, 6.45) is 8.33. The first-order valence-corrected chi connectivity index (χ1v) is 9.08. The molecule has 0 aliphatic rings. The van der Waals surface area contributed by atoms with E-state index in [1.165, 1.54) is 12.8 Å². The van der Waals surface area contributed by atoms with Crippen molar-refractivity contribution in [2.45, 2.75) is 32.6 Å². The highest BCUT2D eigenvalue weighted by Gasteiger charge is 2.09. The molecule has 0 aliphatic carbocycles. The third-order valence-electron chi connectivity index (χ3n) is 4.17. The van der Waals surface area contributed by atoms with Crippen LogP contribution in [0.2, 0.25) is 5.02 Å². The normalized spacial score (nSPS) is 11.0. The third-order valence-corrected chi connectivity index (χ3v) is 4.42. The molecule has 1 aromatic carbocycles. The molecule has 3 aromatic rings. The highest BCUT2D eigenvalue weighted by Crippen LogP contribution is 2.21. The van der Waals surface area contributed by atoms with E-state index in [4.69, 9.17) is 11.6 Å². The molecule has 0 bridgehead atoms. The molecule has 0 saturated heterocycles. The number of amides is 1. The largest absolute Gasteiger partial charge is 0.352 e. The molecule has 1 N–H and O–H groups in total. The molecule has 0 spiro atoms. The zero-order chi connectivity index (χ0) is 17.6. The van der Waals surface area contributed by atoms with Crippen molar-refractivity contribution in [2.75, 3.05) is 6.54 Å². The molecule has 0 aliphatic heterocycles. The summed E-state index contributed by atoms with van der Waals surface area (Å²) >= 11 is 5.93. The van der Waals surface area contributed by atoms with Crippen molar-refractivity contribution in [3.05, 3.63) is 59.4 Å². The molecule has 2 heterocycles. The van der Waals surface area contributed by atoms with Crippen LogP contribution in [0.3, 0.4) is 0 Å². The van der Waals surface area contributed by atoms with E-state index in [9.17, 15) is 4.79 Å². The summed E-state index contributed by atoms with van der Waals surface area (Å²) in [6.45, 7) is 2.90. The van der Waals surface area contributed by atoms with Gasteiger partial charge in [-0.05, 0) is 30.7 Å². The average Bonchev–Trinajstić information content (AvgIpc) is 3.05. The first-order valence-electron chi connectivity index (χ1n) is 8.70. The maximum atomic E-state index is 12.3. The Kier molecular flexibility index (Phi) is 5.71. The van der Waals surface area contributed by atoms with Crippen LogP contribution in [0.4, 0.5) is 0 Å². The number of hydrogen-bond acceptors (Lipinski definition) is 2. The minimum Gasteiger partial charge on any atom is -0.352 e. The first-order chi connectivity index (χ1) is 12.2. The lowest BCUT2D eigenvalue weighted by Gasteiger charge is -2.05. The number of pyridine rings is 1. The lowest BCUT2D eigenvalue weighted by Crippen LogP contribution is -2.24. The van der Waals surface area contributed by atoms with Crippen LogP contribution in [-0.4, -0.2) is 21.8 Å². The minimum atomic E-state index is -0.0415. The Bertz CT molecular complexity index is 855. The van der Waals surface area contributed by atoms with Crippen LogP contribution >= 0.6 is 11.6 Å². The van der Waals surface area contributed by atoms with Crippen LogP contribution in [0.5, 0.6) is 0 Å². The second kappa shape index (κ2) is 8.17.